The van der Waals surface area contributed by atoms with Gasteiger partial charge in [0.15, 0.2) is 0 Å². The van der Waals surface area contributed by atoms with Crippen molar-refractivity contribution in [3.8, 4) is 0 Å². The molecule has 0 amide bonds. The van der Waals surface area contributed by atoms with Crippen molar-refractivity contribution in [1.82, 2.24) is 14.7 Å². The van der Waals surface area contributed by atoms with Crippen LogP contribution in [0.3, 0.4) is 0 Å². The van der Waals surface area contributed by atoms with Crippen molar-refractivity contribution in [1.29, 1.82) is 0 Å². The summed E-state index contributed by atoms with van der Waals surface area (Å²) in [6.45, 7) is 2.96. The molecular formula is C11H15N3O. The Morgan fingerprint density at radius 2 is 2.33 bits per heavy atom. The number of rotatable bonds is 5. The van der Waals surface area contributed by atoms with Gasteiger partial charge in [0, 0.05) is 31.4 Å². The average Bonchev–Trinajstić information content (AvgIpc) is 2.84. The van der Waals surface area contributed by atoms with Crippen molar-refractivity contribution >= 4 is 0 Å². The lowest BCUT2D eigenvalue weighted by Gasteiger charge is -1.99. The summed E-state index contributed by atoms with van der Waals surface area (Å²) in [5, 5.41) is 3.86. The fourth-order valence-electron chi connectivity index (χ4n) is 1.55. The zero-order valence-electron chi connectivity index (χ0n) is 8.89. The van der Waals surface area contributed by atoms with Crippen LogP contribution >= 0.6 is 0 Å². The van der Waals surface area contributed by atoms with Crippen LogP contribution in [0.5, 0.6) is 0 Å². The van der Waals surface area contributed by atoms with E-state index in [1.54, 1.807) is 6.20 Å². The van der Waals surface area contributed by atoms with Gasteiger partial charge in [-0.05, 0) is 19.8 Å². The van der Waals surface area contributed by atoms with Gasteiger partial charge in [0.1, 0.15) is 5.76 Å². The summed E-state index contributed by atoms with van der Waals surface area (Å²) >= 11 is 0. The lowest BCUT2D eigenvalue weighted by atomic mass is 10.2. The minimum atomic E-state index is 0.958. The second-order valence-corrected chi connectivity index (χ2v) is 3.69. The largest absolute Gasteiger partial charge is 0.361 e. The number of unbranched alkanes of at least 4 members (excludes halogenated alkanes) is 1. The number of nitrogens with zero attached hydrogens (tertiary/aromatic N) is 3. The van der Waals surface area contributed by atoms with Gasteiger partial charge in [-0.3, -0.25) is 0 Å². The highest BCUT2D eigenvalue weighted by Crippen LogP contribution is 2.07. The van der Waals surface area contributed by atoms with Gasteiger partial charge in [0.05, 0.1) is 12.0 Å². The maximum atomic E-state index is 5.13. The molecule has 0 unspecified atom stereocenters. The molecule has 2 aromatic heterocycles. The zero-order chi connectivity index (χ0) is 10.5. The van der Waals surface area contributed by atoms with E-state index in [4.69, 9.17) is 4.52 Å². The Kier molecular flexibility index (Phi) is 3.17. The molecule has 15 heavy (non-hydrogen) atoms. The van der Waals surface area contributed by atoms with Gasteiger partial charge in [-0.15, -0.1) is 0 Å². The number of imidazole rings is 1. The molecule has 0 bridgehead atoms. The van der Waals surface area contributed by atoms with Crippen molar-refractivity contribution in [3.63, 3.8) is 0 Å². The summed E-state index contributed by atoms with van der Waals surface area (Å²) in [6, 6.07) is 2.00. The van der Waals surface area contributed by atoms with Gasteiger partial charge in [-0.2, -0.15) is 0 Å². The quantitative estimate of drug-likeness (QED) is 0.703. The molecule has 4 heteroatoms. The Hall–Kier alpha value is -1.58. The number of aromatic nitrogens is 3. The molecule has 2 heterocycles. The summed E-state index contributed by atoms with van der Waals surface area (Å²) < 4.78 is 7.22. The first-order valence-corrected chi connectivity index (χ1v) is 5.22. The predicted octanol–water partition coefficient (Wildman–Crippen LogP) is 2.20. The molecule has 0 aromatic carbocycles. The molecule has 0 saturated heterocycles. The van der Waals surface area contributed by atoms with Crippen LogP contribution in [0.2, 0.25) is 0 Å². The normalized spacial score (nSPS) is 10.7. The van der Waals surface area contributed by atoms with E-state index in [9.17, 15) is 0 Å². The van der Waals surface area contributed by atoms with Crippen molar-refractivity contribution in [2.75, 3.05) is 0 Å². The summed E-state index contributed by atoms with van der Waals surface area (Å²) in [5.41, 5.74) is 0.958. The molecule has 0 aliphatic carbocycles. The van der Waals surface area contributed by atoms with Crippen molar-refractivity contribution < 1.29 is 4.52 Å². The smallest absolute Gasteiger partial charge is 0.136 e. The third-order valence-corrected chi connectivity index (χ3v) is 2.33. The lowest BCUT2D eigenvalue weighted by molar-refractivity contribution is 0.374. The van der Waals surface area contributed by atoms with E-state index < -0.39 is 0 Å². The highest BCUT2D eigenvalue weighted by Gasteiger charge is 1.99. The highest BCUT2D eigenvalue weighted by molar-refractivity contribution is 5.02. The van der Waals surface area contributed by atoms with Crippen LogP contribution in [-0.4, -0.2) is 14.7 Å². The summed E-state index contributed by atoms with van der Waals surface area (Å²) in [5.74, 6) is 0.984. The Morgan fingerprint density at radius 1 is 1.40 bits per heavy atom. The van der Waals surface area contributed by atoms with Crippen LogP contribution in [0.25, 0.3) is 0 Å². The zero-order valence-corrected chi connectivity index (χ0v) is 8.89. The first-order chi connectivity index (χ1) is 7.34. The second kappa shape index (κ2) is 4.77. The molecule has 0 saturated carbocycles. The Balaban J connectivity index is 1.67. The monoisotopic (exact) mass is 205 g/mol. The average molecular weight is 205 g/mol. The molecule has 0 aliphatic rings. The van der Waals surface area contributed by atoms with E-state index in [-0.39, 0.29) is 0 Å². The van der Waals surface area contributed by atoms with Gasteiger partial charge in [0.25, 0.3) is 0 Å². The highest BCUT2D eigenvalue weighted by atomic mass is 16.5. The minimum Gasteiger partial charge on any atom is -0.361 e. The first kappa shape index (κ1) is 9.96. The molecule has 0 radical (unpaired) electrons. The number of aryl methyl sites for hydroxylation is 3. The standard InChI is InChI=1S/C11H15N3O/c1-10-8-11(15-13-10)4-2-3-6-14-7-5-12-9-14/h5,7-9H,2-4,6H2,1H3. The Bertz CT molecular complexity index is 392. The second-order valence-electron chi connectivity index (χ2n) is 3.69. The fraction of sp³-hybridized carbons (Fsp3) is 0.455. The van der Waals surface area contributed by atoms with E-state index >= 15 is 0 Å². The summed E-state index contributed by atoms with van der Waals surface area (Å²) in [7, 11) is 0. The minimum absolute atomic E-state index is 0.958. The van der Waals surface area contributed by atoms with Crippen LogP contribution in [-0.2, 0) is 13.0 Å². The topological polar surface area (TPSA) is 43.9 Å². The van der Waals surface area contributed by atoms with Crippen LogP contribution in [0.15, 0.2) is 29.3 Å². The maximum Gasteiger partial charge on any atom is 0.136 e. The van der Waals surface area contributed by atoms with E-state index in [1.165, 1.54) is 0 Å². The molecule has 2 aromatic rings. The molecule has 0 fully saturated rings. The molecule has 4 nitrogen and oxygen atoms in total. The van der Waals surface area contributed by atoms with Gasteiger partial charge in [-0.1, -0.05) is 5.16 Å². The first-order valence-electron chi connectivity index (χ1n) is 5.22. The van der Waals surface area contributed by atoms with Crippen LogP contribution in [0.4, 0.5) is 0 Å². The predicted molar refractivity (Wildman–Crippen MR) is 56.4 cm³/mol. The van der Waals surface area contributed by atoms with Gasteiger partial charge < -0.3 is 9.09 Å². The Labute approximate surface area is 88.9 Å². The van der Waals surface area contributed by atoms with Gasteiger partial charge in [-0.25, -0.2) is 4.98 Å². The van der Waals surface area contributed by atoms with Gasteiger partial charge >= 0.3 is 0 Å². The van der Waals surface area contributed by atoms with Crippen molar-refractivity contribution in [2.45, 2.75) is 32.7 Å². The third-order valence-electron chi connectivity index (χ3n) is 2.33. The van der Waals surface area contributed by atoms with E-state index in [0.717, 1.165) is 37.3 Å². The van der Waals surface area contributed by atoms with Crippen molar-refractivity contribution in [2.24, 2.45) is 0 Å². The molecule has 0 spiro atoms. The summed E-state index contributed by atoms with van der Waals surface area (Å²) in [6.07, 6.45) is 8.86. The van der Waals surface area contributed by atoms with E-state index in [0.29, 0.717) is 0 Å². The number of hydrogen-bond donors (Lipinski definition) is 0. The third kappa shape index (κ3) is 2.94. The van der Waals surface area contributed by atoms with Crippen LogP contribution in [0.1, 0.15) is 24.3 Å². The maximum absolute atomic E-state index is 5.13. The Morgan fingerprint density at radius 3 is 3.00 bits per heavy atom. The fourth-order valence-corrected chi connectivity index (χ4v) is 1.55. The SMILES string of the molecule is Cc1cc(CCCCn2ccnc2)on1. The van der Waals surface area contributed by atoms with E-state index in [2.05, 4.69) is 14.7 Å². The number of hydrogen-bond acceptors (Lipinski definition) is 3. The van der Waals surface area contributed by atoms with Crippen molar-refractivity contribution in [3.05, 3.63) is 36.2 Å². The van der Waals surface area contributed by atoms with Crippen LogP contribution < -0.4 is 0 Å². The van der Waals surface area contributed by atoms with Gasteiger partial charge in [0.2, 0.25) is 0 Å². The molecule has 2 rings (SSSR count). The lowest BCUT2D eigenvalue weighted by Crippen LogP contribution is -1.95. The molecule has 0 atom stereocenters. The molecule has 80 valence electrons. The summed E-state index contributed by atoms with van der Waals surface area (Å²) in [4.78, 5) is 4.00. The van der Waals surface area contributed by atoms with E-state index in [1.807, 2.05) is 25.5 Å². The van der Waals surface area contributed by atoms with Crippen LogP contribution in [0, 0.1) is 6.92 Å². The molecular weight excluding hydrogens is 190 g/mol. The molecule has 0 aliphatic heterocycles. The molecule has 0 N–H and O–H groups in total.